The van der Waals surface area contributed by atoms with Crippen LogP contribution in [0, 0.1) is 0 Å². The van der Waals surface area contributed by atoms with E-state index in [-0.39, 0.29) is 30.0 Å². The van der Waals surface area contributed by atoms with Crippen molar-refractivity contribution < 1.29 is 18.8 Å². The van der Waals surface area contributed by atoms with E-state index in [1.165, 1.54) is 0 Å². The van der Waals surface area contributed by atoms with Crippen molar-refractivity contribution >= 4 is 20.2 Å². The first-order chi connectivity index (χ1) is 12.1. The SMILES string of the molecule is CC(C)(C)[Si](C)(C)OC[C@@H]1CCC(=O)CN1C(=O)OCc1ccccc1. The van der Waals surface area contributed by atoms with Crippen LogP contribution in [0.1, 0.15) is 39.2 Å². The van der Waals surface area contributed by atoms with E-state index in [1.54, 1.807) is 4.90 Å². The number of nitrogens with zero attached hydrogens (tertiary/aromatic N) is 1. The van der Waals surface area contributed by atoms with Gasteiger partial charge in [-0.05, 0) is 30.1 Å². The number of carbonyl (C=O) groups excluding carboxylic acids is 2. The van der Waals surface area contributed by atoms with E-state index in [2.05, 4.69) is 33.9 Å². The number of hydrogen-bond donors (Lipinski definition) is 0. The summed E-state index contributed by atoms with van der Waals surface area (Å²) in [6.07, 6.45) is 0.688. The number of carbonyl (C=O) groups is 2. The normalized spacial score (nSPS) is 18.7. The summed E-state index contributed by atoms with van der Waals surface area (Å²) in [5, 5.41) is 0.107. The highest BCUT2D eigenvalue weighted by atomic mass is 28.4. The lowest BCUT2D eigenvalue weighted by Gasteiger charge is -2.40. The molecule has 1 fully saturated rings. The predicted octanol–water partition coefficient (Wildman–Crippen LogP) is 4.38. The molecule has 0 spiro atoms. The molecule has 1 saturated heterocycles. The Morgan fingerprint density at radius 1 is 1.23 bits per heavy atom. The zero-order valence-corrected chi connectivity index (χ0v) is 17.6. The summed E-state index contributed by atoms with van der Waals surface area (Å²) in [6, 6.07) is 9.44. The van der Waals surface area contributed by atoms with Crippen molar-refractivity contribution in [2.75, 3.05) is 13.2 Å². The van der Waals surface area contributed by atoms with Crippen molar-refractivity contribution in [2.45, 2.75) is 64.4 Å². The molecule has 0 saturated carbocycles. The standard InChI is InChI=1S/C20H31NO4Si/c1-20(2,3)26(4,5)25-15-17-11-12-18(22)13-21(17)19(23)24-14-16-9-7-6-8-10-16/h6-10,17H,11-15H2,1-5H3/t17-/m0/s1. The highest BCUT2D eigenvalue weighted by molar-refractivity contribution is 6.74. The van der Waals surface area contributed by atoms with E-state index in [4.69, 9.17) is 9.16 Å². The molecule has 0 N–H and O–H groups in total. The Kier molecular flexibility index (Phi) is 6.63. The van der Waals surface area contributed by atoms with Crippen LogP contribution in [0.15, 0.2) is 30.3 Å². The summed E-state index contributed by atoms with van der Waals surface area (Å²) in [4.78, 5) is 26.0. The van der Waals surface area contributed by atoms with Crippen LogP contribution in [0.3, 0.4) is 0 Å². The van der Waals surface area contributed by atoms with Gasteiger partial charge in [0, 0.05) is 6.42 Å². The molecule has 0 aromatic heterocycles. The fourth-order valence-corrected chi connectivity index (χ4v) is 3.63. The molecular weight excluding hydrogens is 346 g/mol. The second kappa shape index (κ2) is 8.35. The fraction of sp³-hybridized carbons (Fsp3) is 0.600. The van der Waals surface area contributed by atoms with Crippen LogP contribution in [-0.4, -0.2) is 44.3 Å². The topological polar surface area (TPSA) is 55.8 Å². The van der Waals surface area contributed by atoms with Gasteiger partial charge in [0.15, 0.2) is 14.1 Å². The zero-order valence-electron chi connectivity index (χ0n) is 16.6. The summed E-state index contributed by atoms with van der Waals surface area (Å²) in [6.45, 7) is 11.7. The Bertz CT molecular complexity index is 624. The average molecular weight is 378 g/mol. The molecule has 26 heavy (non-hydrogen) atoms. The summed E-state index contributed by atoms with van der Waals surface area (Å²) >= 11 is 0. The van der Waals surface area contributed by atoms with Crippen molar-refractivity contribution in [3.05, 3.63) is 35.9 Å². The van der Waals surface area contributed by atoms with Gasteiger partial charge in [-0.1, -0.05) is 51.1 Å². The average Bonchev–Trinajstić information content (AvgIpc) is 2.58. The molecule has 0 aliphatic carbocycles. The molecule has 1 aliphatic heterocycles. The number of amides is 1. The molecule has 0 bridgehead atoms. The first-order valence-corrected chi connectivity index (χ1v) is 12.1. The van der Waals surface area contributed by atoms with Gasteiger partial charge in [-0.3, -0.25) is 9.69 Å². The molecule has 0 radical (unpaired) electrons. The Morgan fingerprint density at radius 3 is 2.50 bits per heavy atom. The highest BCUT2D eigenvalue weighted by Gasteiger charge is 2.39. The number of Topliss-reactive ketones (excluding diaryl/α,β-unsaturated/α-hetero) is 1. The van der Waals surface area contributed by atoms with E-state index in [0.717, 1.165) is 5.56 Å². The smallest absolute Gasteiger partial charge is 0.410 e. The number of ether oxygens (including phenoxy) is 1. The van der Waals surface area contributed by atoms with Gasteiger partial charge in [-0.15, -0.1) is 0 Å². The minimum absolute atomic E-state index is 0.0743. The van der Waals surface area contributed by atoms with Crippen molar-refractivity contribution in [3.8, 4) is 0 Å². The maximum absolute atomic E-state index is 12.6. The third kappa shape index (κ3) is 5.41. The van der Waals surface area contributed by atoms with Gasteiger partial charge in [-0.2, -0.15) is 0 Å². The van der Waals surface area contributed by atoms with Crippen LogP contribution in [-0.2, 0) is 20.6 Å². The Labute approximate surface area is 157 Å². The van der Waals surface area contributed by atoms with Crippen LogP contribution in [0.2, 0.25) is 18.1 Å². The minimum Gasteiger partial charge on any atom is -0.445 e. The van der Waals surface area contributed by atoms with Gasteiger partial charge in [0.05, 0.1) is 19.2 Å². The molecule has 5 nitrogen and oxygen atoms in total. The molecule has 1 heterocycles. The molecule has 1 atom stereocenters. The van der Waals surface area contributed by atoms with E-state index >= 15 is 0 Å². The molecule has 1 aromatic carbocycles. The van der Waals surface area contributed by atoms with E-state index < -0.39 is 14.4 Å². The summed E-state index contributed by atoms with van der Waals surface area (Å²) in [5.74, 6) is 0.0743. The van der Waals surface area contributed by atoms with Crippen LogP contribution >= 0.6 is 0 Å². The van der Waals surface area contributed by atoms with Crippen LogP contribution in [0.4, 0.5) is 4.79 Å². The van der Waals surface area contributed by atoms with Gasteiger partial charge in [0.25, 0.3) is 0 Å². The van der Waals surface area contributed by atoms with Crippen molar-refractivity contribution in [3.63, 3.8) is 0 Å². The fourth-order valence-electron chi connectivity index (χ4n) is 2.59. The van der Waals surface area contributed by atoms with Gasteiger partial charge in [0.1, 0.15) is 6.61 Å². The summed E-state index contributed by atoms with van der Waals surface area (Å²) < 4.78 is 11.7. The molecule has 1 aromatic rings. The second-order valence-electron chi connectivity index (χ2n) is 8.47. The van der Waals surface area contributed by atoms with Gasteiger partial charge in [-0.25, -0.2) is 4.79 Å². The molecule has 1 aliphatic rings. The van der Waals surface area contributed by atoms with Crippen LogP contribution in [0.5, 0.6) is 0 Å². The predicted molar refractivity (Wildman–Crippen MR) is 105 cm³/mol. The monoisotopic (exact) mass is 377 g/mol. The molecule has 0 unspecified atom stereocenters. The molecule has 6 heteroatoms. The summed E-state index contributed by atoms with van der Waals surface area (Å²) in [7, 11) is -1.91. The molecule has 1 amide bonds. The first kappa shape index (κ1) is 20.6. The van der Waals surface area contributed by atoms with Gasteiger partial charge < -0.3 is 9.16 Å². The lowest BCUT2D eigenvalue weighted by molar-refractivity contribution is -0.123. The first-order valence-electron chi connectivity index (χ1n) is 9.23. The molecule has 2 rings (SSSR count). The summed E-state index contributed by atoms with van der Waals surface area (Å²) in [5.41, 5.74) is 0.929. The van der Waals surface area contributed by atoms with E-state index in [9.17, 15) is 9.59 Å². The van der Waals surface area contributed by atoms with Gasteiger partial charge >= 0.3 is 6.09 Å². The van der Waals surface area contributed by atoms with Crippen molar-refractivity contribution in [1.29, 1.82) is 0 Å². The van der Waals surface area contributed by atoms with Crippen LogP contribution < -0.4 is 0 Å². The third-order valence-electron chi connectivity index (χ3n) is 5.43. The minimum atomic E-state index is -1.91. The lowest BCUT2D eigenvalue weighted by Crippen LogP contribution is -2.52. The van der Waals surface area contributed by atoms with Crippen molar-refractivity contribution in [1.82, 2.24) is 4.90 Å². The molecular formula is C20H31NO4Si. The number of ketones is 1. The Balaban J connectivity index is 1.98. The Morgan fingerprint density at radius 2 is 1.88 bits per heavy atom. The van der Waals surface area contributed by atoms with E-state index in [1.807, 2.05) is 30.3 Å². The third-order valence-corrected chi connectivity index (χ3v) is 9.93. The van der Waals surface area contributed by atoms with Crippen LogP contribution in [0.25, 0.3) is 0 Å². The lowest BCUT2D eigenvalue weighted by atomic mass is 10.0. The maximum Gasteiger partial charge on any atom is 0.410 e. The quantitative estimate of drug-likeness (QED) is 0.715. The maximum atomic E-state index is 12.6. The number of benzene rings is 1. The Hall–Kier alpha value is -1.66. The largest absolute Gasteiger partial charge is 0.445 e. The zero-order chi connectivity index (χ0) is 19.4. The van der Waals surface area contributed by atoms with Crippen molar-refractivity contribution in [2.24, 2.45) is 0 Å². The number of piperidine rings is 1. The number of likely N-dealkylation sites (tertiary alicyclic amines) is 1. The highest BCUT2D eigenvalue weighted by Crippen LogP contribution is 2.37. The number of hydrogen-bond acceptors (Lipinski definition) is 4. The second-order valence-corrected chi connectivity index (χ2v) is 13.3. The van der Waals surface area contributed by atoms with Gasteiger partial charge in [0.2, 0.25) is 0 Å². The number of rotatable bonds is 5. The molecule has 144 valence electrons. The van der Waals surface area contributed by atoms with E-state index in [0.29, 0.717) is 19.4 Å².